The van der Waals surface area contributed by atoms with Gasteiger partial charge < -0.3 is 15.2 Å². The molecular formula is C12H15FN2O4. The molecule has 0 saturated heterocycles. The highest BCUT2D eigenvalue weighted by molar-refractivity contribution is 5.37. The van der Waals surface area contributed by atoms with Crippen LogP contribution in [0.5, 0.6) is 5.75 Å². The number of hydrogen-bond acceptors (Lipinski definition) is 5. The average molecular weight is 270 g/mol. The predicted octanol–water partition coefficient (Wildman–Crippen LogP) is 1.23. The number of aliphatic hydroxyl groups excluding tert-OH is 1. The third-order valence-electron chi connectivity index (χ3n) is 2.78. The first-order chi connectivity index (χ1) is 9.06. The lowest BCUT2D eigenvalue weighted by Gasteiger charge is -2.13. The Hall–Kier alpha value is -1.73. The summed E-state index contributed by atoms with van der Waals surface area (Å²) in [4.78, 5) is 9.76. The van der Waals surface area contributed by atoms with Crippen LogP contribution in [0.2, 0.25) is 0 Å². The smallest absolute Gasteiger partial charge is 0.272 e. The minimum Gasteiger partial charge on any atom is -0.488 e. The Kier molecular flexibility index (Phi) is 4.28. The largest absolute Gasteiger partial charge is 0.488 e. The van der Waals surface area contributed by atoms with Crippen LogP contribution in [0.15, 0.2) is 18.2 Å². The Morgan fingerprint density at radius 1 is 1.58 bits per heavy atom. The van der Waals surface area contributed by atoms with Gasteiger partial charge in [-0.2, -0.15) is 0 Å². The number of non-ortho nitro benzene ring substituents is 1. The van der Waals surface area contributed by atoms with Crippen molar-refractivity contribution in [1.29, 1.82) is 0 Å². The van der Waals surface area contributed by atoms with E-state index in [1.165, 1.54) is 6.07 Å². The summed E-state index contributed by atoms with van der Waals surface area (Å²) in [5.74, 6) is -0.910. The monoisotopic (exact) mass is 270 g/mol. The van der Waals surface area contributed by atoms with Crippen molar-refractivity contribution in [3.05, 3.63) is 34.1 Å². The van der Waals surface area contributed by atoms with E-state index in [-0.39, 0.29) is 18.0 Å². The van der Waals surface area contributed by atoms with E-state index in [1.807, 2.05) is 0 Å². The molecule has 0 amide bonds. The minimum absolute atomic E-state index is 0.0611. The number of nitro groups is 1. The van der Waals surface area contributed by atoms with Crippen LogP contribution in [0.4, 0.5) is 10.1 Å². The number of nitrogens with zero attached hydrogens (tertiary/aromatic N) is 1. The number of rotatable bonds is 7. The molecule has 0 radical (unpaired) electrons. The van der Waals surface area contributed by atoms with Crippen molar-refractivity contribution in [1.82, 2.24) is 5.32 Å². The number of benzene rings is 1. The number of nitrogens with one attached hydrogen (secondary N) is 1. The Balaban J connectivity index is 1.82. The number of hydrogen-bond donors (Lipinski definition) is 2. The Labute approximate surface area is 109 Å². The molecule has 1 aliphatic rings. The van der Waals surface area contributed by atoms with Gasteiger partial charge in [0.2, 0.25) is 0 Å². The van der Waals surface area contributed by atoms with Gasteiger partial charge in [-0.15, -0.1) is 0 Å². The maximum Gasteiger partial charge on any atom is 0.272 e. The number of aliphatic hydroxyl groups is 1. The molecule has 2 rings (SSSR count). The molecule has 1 saturated carbocycles. The fourth-order valence-corrected chi connectivity index (χ4v) is 1.56. The minimum atomic E-state index is -0.809. The van der Waals surface area contributed by atoms with Crippen molar-refractivity contribution in [3.63, 3.8) is 0 Å². The molecule has 0 spiro atoms. The Morgan fingerprint density at radius 2 is 2.32 bits per heavy atom. The van der Waals surface area contributed by atoms with Gasteiger partial charge in [0.25, 0.3) is 5.69 Å². The van der Waals surface area contributed by atoms with Gasteiger partial charge in [0, 0.05) is 18.7 Å². The van der Waals surface area contributed by atoms with Gasteiger partial charge in [0.1, 0.15) is 12.7 Å². The van der Waals surface area contributed by atoms with E-state index in [4.69, 9.17) is 4.74 Å². The first kappa shape index (κ1) is 13.7. The summed E-state index contributed by atoms with van der Waals surface area (Å²) >= 11 is 0. The van der Waals surface area contributed by atoms with Crippen molar-refractivity contribution in [2.75, 3.05) is 13.2 Å². The molecular weight excluding hydrogens is 255 g/mol. The maximum absolute atomic E-state index is 13.5. The van der Waals surface area contributed by atoms with E-state index in [0.717, 1.165) is 25.0 Å². The molecule has 1 aromatic carbocycles. The summed E-state index contributed by atoms with van der Waals surface area (Å²) in [6, 6.07) is 3.62. The zero-order valence-corrected chi connectivity index (χ0v) is 10.2. The topological polar surface area (TPSA) is 84.6 Å². The first-order valence-corrected chi connectivity index (χ1v) is 6.04. The zero-order valence-electron chi connectivity index (χ0n) is 10.2. The highest BCUT2D eigenvalue weighted by Crippen LogP contribution is 2.22. The van der Waals surface area contributed by atoms with Gasteiger partial charge in [-0.05, 0) is 18.9 Å². The molecule has 0 aliphatic heterocycles. The zero-order chi connectivity index (χ0) is 13.8. The third-order valence-corrected chi connectivity index (χ3v) is 2.78. The van der Waals surface area contributed by atoms with Crippen LogP contribution in [0.25, 0.3) is 0 Å². The Morgan fingerprint density at radius 3 is 2.89 bits per heavy atom. The van der Waals surface area contributed by atoms with Gasteiger partial charge in [-0.25, -0.2) is 4.39 Å². The summed E-state index contributed by atoms with van der Waals surface area (Å²) in [6.45, 7) is 0.327. The van der Waals surface area contributed by atoms with Crippen molar-refractivity contribution in [3.8, 4) is 5.75 Å². The second-order valence-corrected chi connectivity index (χ2v) is 4.52. The number of ether oxygens (including phenoxy) is 1. The van der Waals surface area contributed by atoms with Crippen molar-refractivity contribution < 1.29 is 19.2 Å². The molecule has 1 unspecified atom stereocenters. The van der Waals surface area contributed by atoms with Crippen LogP contribution in [-0.2, 0) is 0 Å². The van der Waals surface area contributed by atoms with E-state index in [2.05, 4.69) is 5.32 Å². The quantitative estimate of drug-likeness (QED) is 0.575. The summed E-state index contributed by atoms with van der Waals surface area (Å²) in [5, 5.41) is 23.2. The van der Waals surface area contributed by atoms with Crippen LogP contribution in [0.3, 0.4) is 0 Å². The molecule has 2 N–H and O–H groups in total. The predicted molar refractivity (Wildman–Crippen MR) is 65.6 cm³/mol. The standard InChI is InChI=1S/C12H15FN2O4/c13-11-5-9(15(17)18)3-4-12(11)19-7-10(16)6-14-8-1-2-8/h3-5,8,10,14,16H,1-2,6-7H2. The van der Waals surface area contributed by atoms with E-state index >= 15 is 0 Å². The first-order valence-electron chi connectivity index (χ1n) is 6.04. The van der Waals surface area contributed by atoms with Crippen LogP contribution < -0.4 is 10.1 Å². The van der Waals surface area contributed by atoms with E-state index in [1.54, 1.807) is 0 Å². The molecule has 1 aromatic rings. The van der Waals surface area contributed by atoms with Gasteiger partial charge in [0.15, 0.2) is 11.6 Å². The van der Waals surface area contributed by atoms with Crippen molar-refractivity contribution in [2.45, 2.75) is 25.0 Å². The summed E-state index contributed by atoms with van der Waals surface area (Å²) in [5.41, 5.74) is -0.333. The average Bonchev–Trinajstić information content (AvgIpc) is 3.18. The number of halogens is 1. The molecule has 1 aliphatic carbocycles. The van der Waals surface area contributed by atoms with E-state index in [0.29, 0.717) is 12.6 Å². The summed E-state index contributed by atoms with van der Waals surface area (Å²) in [6.07, 6.45) is 1.49. The number of nitro benzene ring substituents is 1. The van der Waals surface area contributed by atoms with Crippen molar-refractivity contribution in [2.24, 2.45) is 0 Å². The van der Waals surface area contributed by atoms with Gasteiger partial charge in [0.05, 0.1) is 11.0 Å². The van der Waals surface area contributed by atoms with E-state index < -0.39 is 16.8 Å². The maximum atomic E-state index is 13.5. The SMILES string of the molecule is O=[N+]([O-])c1ccc(OCC(O)CNC2CC2)c(F)c1. The van der Waals surface area contributed by atoms with Gasteiger partial charge in [-0.3, -0.25) is 10.1 Å². The lowest BCUT2D eigenvalue weighted by atomic mass is 10.3. The highest BCUT2D eigenvalue weighted by Gasteiger charge is 2.21. The van der Waals surface area contributed by atoms with Crippen LogP contribution in [0.1, 0.15) is 12.8 Å². The molecule has 7 heteroatoms. The Bertz CT molecular complexity index is 465. The molecule has 0 aromatic heterocycles. The molecule has 0 bridgehead atoms. The lowest BCUT2D eigenvalue weighted by Crippen LogP contribution is -2.32. The normalized spacial score (nSPS) is 16.1. The molecule has 1 fully saturated rings. The fourth-order valence-electron chi connectivity index (χ4n) is 1.56. The second kappa shape index (κ2) is 5.94. The second-order valence-electron chi connectivity index (χ2n) is 4.52. The highest BCUT2D eigenvalue weighted by atomic mass is 19.1. The van der Waals surface area contributed by atoms with Crippen LogP contribution in [0, 0.1) is 15.9 Å². The lowest BCUT2D eigenvalue weighted by molar-refractivity contribution is -0.385. The van der Waals surface area contributed by atoms with Crippen molar-refractivity contribution >= 4 is 5.69 Å². The molecule has 6 nitrogen and oxygen atoms in total. The van der Waals surface area contributed by atoms with Crippen LogP contribution in [-0.4, -0.2) is 35.3 Å². The molecule has 1 atom stereocenters. The van der Waals surface area contributed by atoms with Gasteiger partial charge >= 0.3 is 0 Å². The molecule has 0 heterocycles. The van der Waals surface area contributed by atoms with Gasteiger partial charge in [-0.1, -0.05) is 0 Å². The van der Waals surface area contributed by atoms with Crippen LogP contribution >= 0.6 is 0 Å². The summed E-state index contributed by atoms with van der Waals surface area (Å²) < 4.78 is 18.6. The fraction of sp³-hybridized carbons (Fsp3) is 0.500. The molecule has 19 heavy (non-hydrogen) atoms. The van der Waals surface area contributed by atoms with E-state index in [9.17, 15) is 19.6 Å². The molecule has 104 valence electrons. The summed E-state index contributed by atoms with van der Waals surface area (Å²) in [7, 11) is 0. The third kappa shape index (κ3) is 4.15.